The first-order valence-corrected chi connectivity index (χ1v) is 10.3. The maximum atomic E-state index is 6.07. The molecule has 0 amide bonds. The monoisotopic (exact) mass is 540 g/mol. The van der Waals surface area contributed by atoms with Crippen LogP contribution in [0.3, 0.4) is 0 Å². The van der Waals surface area contributed by atoms with E-state index in [4.69, 9.17) is 14.2 Å². The van der Waals surface area contributed by atoms with Gasteiger partial charge < -0.3 is 24.4 Å². The molecule has 3 rings (SSSR count). The molecule has 1 unspecified atom stereocenters. The van der Waals surface area contributed by atoms with E-state index in [9.17, 15) is 0 Å². The lowest BCUT2D eigenvalue weighted by atomic mass is 10.00. The fourth-order valence-electron chi connectivity index (χ4n) is 3.56. The summed E-state index contributed by atoms with van der Waals surface area (Å²) in [5.41, 5.74) is 4.84. The van der Waals surface area contributed by atoms with Crippen LogP contribution in [0.25, 0.3) is 0 Å². The molecule has 0 saturated carbocycles. The molecule has 0 bridgehead atoms. The van der Waals surface area contributed by atoms with Gasteiger partial charge in [0.25, 0.3) is 0 Å². The largest absolute Gasteiger partial charge is 0.475 e. The van der Waals surface area contributed by atoms with Gasteiger partial charge >= 0.3 is 0 Å². The van der Waals surface area contributed by atoms with E-state index in [2.05, 4.69) is 52.2 Å². The van der Waals surface area contributed by atoms with Gasteiger partial charge in [-0.1, -0.05) is 29.8 Å². The third kappa shape index (κ3) is 7.33. The summed E-state index contributed by atoms with van der Waals surface area (Å²) in [6.45, 7) is 8.20. The molecule has 31 heavy (non-hydrogen) atoms. The highest BCUT2D eigenvalue weighted by molar-refractivity contribution is 14.0. The van der Waals surface area contributed by atoms with Crippen molar-refractivity contribution in [2.24, 2.45) is 4.99 Å². The smallest absolute Gasteiger partial charge is 0.213 e. The van der Waals surface area contributed by atoms with E-state index in [1.165, 1.54) is 16.7 Å². The summed E-state index contributed by atoms with van der Waals surface area (Å²) in [4.78, 5) is 11.1. The molecule has 1 fully saturated rings. The average Bonchev–Trinajstić information content (AvgIpc) is 2.75. The quantitative estimate of drug-likeness (QED) is 0.251. The first-order valence-electron chi connectivity index (χ1n) is 10.3. The van der Waals surface area contributed by atoms with Crippen molar-refractivity contribution in [3.63, 3.8) is 0 Å². The fraction of sp³-hybridized carbons (Fsp3) is 0.478. The molecular formula is C23H33IN4O3. The minimum absolute atomic E-state index is 0. The van der Waals surface area contributed by atoms with Crippen LogP contribution in [0.2, 0.25) is 0 Å². The van der Waals surface area contributed by atoms with Crippen LogP contribution >= 0.6 is 24.0 Å². The van der Waals surface area contributed by atoms with E-state index < -0.39 is 0 Å². The van der Waals surface area contributed by atoms with Crippen molar-refractivity contribution in [2.45, 2.75) is 26.5 Å². The molecule has 0 spiro atoms. The Morgan fingerprint density at radius 2 is 2.10 bits per heavy atom. The highest BCUT2D eigenvalue weighted by Crippen LogP contribution is 2.26. The van der Waals surface area contributed by atoms with Crippen molar-refractivity contribution < 1.29 is 14.2 Å². The molecule has 1 saturated heterocycles. The summed E-state index contributed by atoms with van der Waals surface area (Å²) in [7, 11) is 3.46. The molecule has 0 radical (unpaired) electrons. The second kappa shape index (κ2) is 12.8. The number of rotatable bonds is 7. The summed E-state index contributed by atoms with van der Waals surface area (Å²) >= 11 is 0. The molecule has 1 aromatic carbocycles. The molecule has 2 aromatic rings. The molecular weight excluding hydrogens is 507 g/mol. The van der Waals surface area contributed by atoms with Gasteiger partial charge in [0.2, 0.25) is 5.88 Å². The predicted molar refractivity (Wildman–Crippen MR) is 133 cm³/mol. The lowest BCUT2D eigenvalue weighted by molar-refractivity contribution is -0.00834. The normalized spacial score (nSPS) is 16.6. The number of guanidine groups is 1. The van der Waals surface area contributed by atoms with Crippen molar-refractivity contribution in [1.29, 1.82) is 0 Å². The number of methoxy groups -OCH3 is 1. The van der Waals surface area contributed by atoms with E-state index in [0.717, 1.165) is 24.6 Å². The number of hydrogen-bond acceptors (Lipinski definition) is 5. The molecule has 1 N–H and O–H groups in total. The Balaban J connectivity index is 0.00000341. The highest BCUT2D eigenvalue weighted by atomic mass is 127. The van der Waals surface area contributed by atoms with Crippen molar-refractivity contribution in [3.8, 4) is 5.88 Å². The van der Waals surface area contributed by atoms with Crippen molar-refractivity contribution >= 4 is 29.9 Å². The van der Waals surface area contributed by atoms with Crippen LogP contribution in [0, 0.1) is 13.8 Å². The van der Waals surface area contributed by atoms with Crippen LogP contribution in [0.5, 0.6) is 5.88 Å². The zero-order valence-electron chi connectivity index (χ0n) is 18.8. The molecule has 7 nitrogen and oxygen atoms in total. The zero-order valence-corrected chi connectivity index (χ0v) is 21.1. The van der Waals surface area contributed by atoms with E-state index >= 15 is 0 Å². The predicted octanol–water partition coefficient (Wildman–Crippen LogP) is 3.49. The first-order chi connectivity index (χ1) is 14.6. The van der Waals surface area contributed by atoms with Crippen LogP contribution < -0.4 is 10.1 Å². The molecule has 1 aliphatic rings. The fourth-order valence-corrected chi connectivity index (χ4v) is 3.56. The minimum atomic E-state index is 0. The summed E-state index contributed by atoms with van der Waals surface area (Å²) in [5, 5.41) is 3.44. The van der Waals surface area contributed by atoms with E-state index in [0.29, 0.717) is 32.2 Å². The molecule has 0 aliphatic carbocycles. The Morgan fingerprint density at radius 3 is 2.77 bits per heavy atom. The Bertz CT molecular complexity index is 845. The van der Waals surface area contributed by atoms with Gasteiger partial charge in [-0.2, -0.15) is 0 Å². The third-order valence-electron chi connectivity index (χ3n) is 5.14. The standard InChI is InChI=1S/C23H32N4O3.HI/c1-17-5-7-20(18(2)13-17)21-16-27(9-10-29-21)23(24-3)26-15-19-6-8-22(25-14-19)30-12-11-28-4;/h5-8,13-14,21H,9-12,15-16H2,1-4H3,(H,24,26);1H. The lowest BCUT2D eigenvalue weighted by Gasteiger charge is -2.35. The van der Waals surface area contributed by atoms with Gasteiger partial charge in [-0.05, 0) is 30.5 Å². The summed E-state index contributed by atoms with van der Waals surface area (Å²) in [6.07, 6.45) is 1.86. The number of morpholine rings is 1. The summed E-state index contributed by atoms with van der Waals surface area (Å²) < 4.78 is 16.6. The lowest BCUT2D eigenvalue weighted by Crippen LogP contribution is -2.48. The number of pyridine rings is 1. The van der Waals surface area contributed by atoms with Gasteiger partial charge in [-0.25, -0.2) is 4.98 Å². The first kappa shape index (κ1) is 25.4. The Labute approximate surface area is 202 Å². The number of nitrogens with one attached hydrogen (secondary N) is 1. The number of aryl methyl sites for hydroxylation is 2. The van der Waals surface area contributed by atoms with Gasteiger partial charge in [-0.3, -0.25) is 4.99 Å². The molecule has 2 heterocycles. The number of nitrogens with zero attached hydrogens (tertiary/aromatic N) is 3. The number of aromatic nitrogens is 1. The van der Waals surface area contributed by atoms with Crippen LogP contribution in [0.15, 0.2) is 41.5 Å². The molecule has 170 valence electrons. The van der Waals surface area contributed by atoms with Crippen LogP contribution in [-0.2, 0) is 16.0 Å². The summed E-state index contributed by atoms with van der Waals surface area (Å²) in [6, 6.07) is 10.4. The Morgan fingerprint density at radius 1 is 1.26 bits per heavy atom. The topological polar surface area (TPSA) is 68.2 Å². The SMILES string of the molecule is CN=C(NCc1ccc(OCCOC)nc1)N1CCOC(c2ccc(C)cc2C)C1.I. The third-order valence-corrected chi connectivity index (χ3v) is 5.14. The van der Waals surface area contributed by atoms with E-state index in [-0.39, 0.29) is 30.1 Å². The Kier molecular flexibility index (Phi) is 10.5. The van der Waals surface area contributed by atoms with Crippen molar-refractivity contribution in [3.05, 3.63) is 58.8 Å². The van der Waals surface area contributed by atoms with Gasteiger partial charge in [0.1, 0.15) is 12.7 Å². The number of halogens is 1. The number of aliphatic imine (C=N–C) groups is 1. The van der Waals surface area contributed by atoms with Gasteiger partial charge in [0, 0.05) is 39.5 Å². The maximum absolute atomic E-state index is 6.07. The van der Waals surface area contributed by atoms with Gasteiger partial charge in [0.05, 0.1) is 19.8 Å². The molecule has 1 atom stereocenters. The average molecular weight is 540 g/mol. The van der Waals surface area contributed by atoms with Crippen LogP contribution in [-0.4, -0.2) is 62.9 Å². The van der Waals surface area contributed by atoms with Crippen LogP contribution in [0.4, 0.5) is 0 Å². The number of ether oxygens (including phenoxy) is 3. The Hall–Kier alpha value is -1.91. The minimum Gasteiger partial charge on any atom is -0.475 e. The van der Waals surface area contributed by atoms with Crippen LogP contribution in [0.1, 0.15) is 28.4 Å². The molecule has 1 aromatic heterocycles. The molecule has 8 heteroatoms. The van der Waals surface area contributed by atoms with E-state index in [1.807, 2.05) is 25.4 Å². The second-order valence-electron chi connectivity index (χ2n) is 7.41. The highest BCUT2D eigenvalue weighted by Gasteiger charge is 2.25. The second-order valence-corrected chi connectivity index (χ2v) is 7.41. The number of benzene rings is 1. The maximum Gasteiger partial charge on any atom is 0.213 e. The zero-order chi connectivity index (χ0) is 21.3. The number of hydrogen-bond donors (Lipinski definition) is 1. The van der Waals surface area contributed by atoms with Crippen molar-refractivity contribution in [2.75, 3.05) is 47.1 Å². The van der Waals surface area contributed by atoms with Gasteiger partial charge in [-0.15, -0.1) is 24.0 Å². The van der Waals surface area contributed by atoms with E-state index in [1.54, 1.807) is 7.11 Å². The summed E-state index contributed by atoms with van der Waals surface area (Å²) in [5.74, 6) is 1.47. The van der Waals surface area contributed by atoms with Crippen molar-refractivity contribution in [1.82, 2.24) is 15.2 Å². The molecule has 1 aliphatic heterocycles. The van der Waals surface area contributed by atoms with Gasteiger partial charge in [0.15, 0.2) is 5.96 Å².